The van der Waals surface area contributed by atoms with E-state index in [1.165, 1.54) is 12.1 Å². The Bertz CT molecular complexity index is 384. The van der Waals surface area contributed by atoms with E-state index in [4.69, 9.17) is 4.74 Å². The summed E-state index contributed by atoms with van der Waals surface area (Å²) in [4.78, 5) is 0. The molecule has 1 aliphatic heterocycles. The van der Waals surface area contributed by atoms with Gasteiger partial charge in [0, 0.05) is 12.5 Å². The van der Waals surface area contributed by atoms with Crippen LogP contribution in [0.15, 0.2) is 18.2 Å². The molecule has 0 aromatic heterocycles. The van der Waals surface area contributed by atoms with Gasteiger partial charge in [0.2, 0.25) is 0 Å². The van der Waals surface area contributed by atoms with Gasteiger partial charge in [0.05, 0.1) is 13.2 Å². The number of methoxy groups -OCH3 is 1. The molecule has 2 rings (SSSR count). The van der Waals surface area contributed by atoms with E-state index in [9.17, 15) is 9.50 Å². The quantitative estimate of drug-likeness (QED) is 0.836. The lowest BCUT2D eigenvalue weighted by Gasteiger charge is -2.28. The number of aliphatic hydroxyl groups excluding tert-OH is 1. The van der Waals surface area contributed by atoms with Crippen molar-refractivity contribution in [2.24, 2.45) is 5.92 Å². The summed E-state index contributed by atoms with van der Waals surface area (Å²) in [5.41, 5.74) is 0.820. The van der Waals surface area contributed by atoms with Crippen LogP contribution >= 0.6 is 0 Å². The van der Waals surface area contributed by atoms with E-state index < -0.39 is 0 Å². The molecule has 94 valence electrons. The molecule has 1 aliphatic rings. The van der Waals surface area contributed by atoms with Crippen LogP contribution in [0.2, 0.25) is 0 Å². The zero-order valence-electron chi connectivity index (χ0n) is 9.95. The Morgan fingerprint density at radius 3 is 3.06 bits per heavy atom. The van der Waals surface area contributed by atoms with Gasteiger partial charge in [0.1, 0.15) is 11.6 Å². The van der Waals surface area contributed by atoms with Gasteiger partial charge in [-0.1, -0.05) is 0 Å². The third kappa shape index (κ3) is 2.96. The highest BCUT2D eigenvalue weighted by Crippen LogP contribution is 2.25. The van der Waals surface area contributed by atoms with Crippen molar-refractivity contribution < 1.29 is 14.2 Å². The summed E-state index contributed by atoms with van der Waals surface area (Å²) in [6.45, 7) is 1.61. The highest BCUT2D eigenvalue weighted by molar-refractivity contribution is 5.34. The Morgan fingerprint density at radius 2 is 2.35 bits per heavy atom. The molecular weight excluding hydrogens is 221 g/mol. The second-order valence-electron chi connectivity index (χ2n) is 4.48. The van der Waals surface area contributed by atoms with Crippen LogP contribution in [0, 0.1) is 11.7 Å². The molecule has 0 bridgehead atoms. The standard InChI is InChI=1S/C13H18FNO2/c1-17-13-3-2-11(14)7-9(13)6-10-8-15-5-4-12(10)16/h2-3,7,10,12,15-16H,4-6,8H2,1H3. The Balaban J connectivity index is 2.13. The highest BCUT2D eigenvalue weighted by Gasteiger charge is 2.24. The third-order valence-electron chi connectivity index (χ3n) is 3.29. The van der Waals surface area contributed by atoms with Crippen LogP contribution in [0.3, 0.4) is 0 Å². The number of aliphatic hydroxyl groups is 1. The van der Waals surface area contributed by atoms with Gasteiger partial charge in [-0.15, -0.1) is 0 Å². The predicted molar refractivity (Wildman–Crippen MR) is 63.6 cm³/mol. The second-order valence-corrected chi connectivity index (χ2v) is 4.48. The van der Waals surface area contributed by atoms with Crippen LogP contribution in [0.25, 0.3) is 0 Å². The van der Waals surface area contributed by atoms with E-state index in [1.807, 2.05) is 0 Å². The molecule has 1 fully saturated rings. The van der Waals surface area contributed by atoms with E-state index in [0.29, 0.717) is 12.2 Å². The van der Waals surface area contributed by atoms with Gasteiger partial charge in [0.25, 0.3) is 0 Å². The van der Waals surface area contributed by atoms with Crippen molar-refractivity contribution in [3.05, 3.63) is 29.6 Å². The van der Waals surface area contributed by atoms with Crippen molar-refractivity contribution in [1.82, 2.24) is 5.32 Å². The molecule has 2 unspecified atom stereocenters. The first-order valence-corrected chi connectivity index (χ1v) is 5.92. The SMILES string of the molecule is COc1ccc(F)cc1CC1CNCCC1O. The maximum Gasteiger partial charge on any atom is 0.123 e. The van der Waals surface area contributed by atoms with Gasteiger partial charge in [-0.3, -0.25) is 0 Å². The molecule has 1 aromatic rings. The number of nitrogens with one attached hydrogen (secondary N) is 1. The number of rotatable bonds is 3. The van der Waals surface area contributed by atoms with Crippen molar-refractivity contribution in [3.63, 3.8) is 0 Å². The number of halogens is 1. The smallest absolute Gasteiger partial charge is 0.123 e. The van der Waals surface area contributed by atoms with Crippen molar-refractivity contribution in [2.75, 3.05) is 20.2 Å². The van der Waals surface area contributed by atoms with E-state index in [-0.39, 0.29) is 17.8 Å². The fourth-order valence-electron chi connectivity index (χ4n) is 2.31. The molecule has 0 aliphatic carbocycles. The Labute approximate surface area is 101 Å². The minimum absolute atomic E-state index is 0.124. The summed E-state index contributed by atoms with van der Waals surface area (Å²) < 4.78 is 18.4. The normalized spacial score (nSPS) is 24.6. The lowest BCUT2D eigenvalue weighted by molar-refractivity contribution is 0.0788. The zero-order valence-corrected chi connectivity index (χ0v) is 9.95. The number of benzene rings is 1. The molecule has 0 saturated carbocycles. The summed E-state index contributed by atoms with van der Waals surface area (Å²) in [6.07, 6.45) is 1.07. The minimum atomic E-state index is -0.316. The molecule has 2 N–H and O–H groups in total. The molecule has 1 aromatic carbocycles. The summed E-state index contributed by atoms with van der Waals surface area (Å²) in [5, 5.41) is 13.1. The first-order chi connectivity index (χ1) is 8.20. The predicted octanol–water partition coefficient (Wildman–Crippen LogP) is 1.35. The Kier molecular flexibility index (Phi) is 3.97. The number of hydrogen-bond donors (Lipinski definition) is 2. The fraction of sp³-hybridized carbons (Fsp3) is 0.538. The van der Waals surface area contributed by atoms with Crippen LogP contribution in [-0.4, -0.2) is 31.4 Å². The van der Waals surface area contributed by atoms with Gasteiger partial charge in [-0.25, -0.2) is 4.39 Å². The van der Waals surface area contributed by atoms with Crippen LogP contribution < -0.4 is 10.1 Å². The molecule has 4 heteroatoms. The summed E-state index contributed by atoms with van der Waals surface area (Å²) >= 11 is 0. The monoisotopic (exact) mass is 239 g/mol. The number of hydrogen-bond acceptors (Lipinski definition) is 3. The average molecular weight is 239 g/mol. The molecule has 1 saturated heterocycles. The summed E-state index contributed by atoms with van der Waals surface area (Å²) in [7, 11) is 1.58. The van der Waals surface area contributed by atoms with Gasteiger partial charge in [-0.05, 0) is 43.1 Å². The van der Waals surface area contributed by atoms with E-state index in [2.05, 4.69) is 5.32 Å². The van der Waals surface area contributed by atoms with Crippen LogP contribution in [0.4, 0.5) is 4.39 Å². The first kappa shape index (κ1) is 12.3. The third-order valence-corrected chi connectivity index (χ3v) is 3.29. The van der Waals surface area contributed by atoms with E-state index >= 15 is 0 Å². The molecule has 3 nitrogen and oxygen atoms in total. The first-order valence-electron chi connectivity index (χ1n) is 5.92. The van der Waals surface area contributed by atoms with Crippen molar-refractivity contribution in [2.45, 2.75) is 18.9 Å². The van der Waals surface area contributed by atoms with Crippen LogP contribution in [0.1, 0.15) is 12.0 Å². The lowest BCUT2D eigenvalue weighted by Crippen LogP contribution is -2.40. The molecule has 0 amide bonds. The van der Waals surface area contributed by atoms with Gasteiger partial charge in [0.15, 0.2) is 0 Å². The summed E-state index contributed by atoms with van der Waals surface area (Å²) in [5.74, 6) is 0.544. The van der Waals surface area contributed by atoms with Crippen LogP contribution in [0.5, 0.6) is 5.75 Å². The molecule has 2 atom stereocenters. The minimum Gasteiger partial charge on any atom is -0.496 e. The molecule has 0 radical (unpaired) electrons. The highest BCUT2D eigenvalue weighted by atomic mass is 19.1. The van der Waals surface area contributed by atoms with Crippen molar-refractivity contribution in [3.8, 4) is 5.75 Å². The molecular formula is C13H18FNO2. The molecule has 1 heterocycles. The average Bonchev–Trinajstić information content (AvgIpc) is 2.32. The number of piperidine rings is 1. The van der Waals surface area contributed by atoms with Crippen LogP contribution in [-0.2, 0) is 6.42 Å². The largest absolute Gasteiger partial charge is 0.496 e. The molecule has 0 spiro atoms. The second kappa shape index (κ2) is 5.47. The van der Waals surface area contributed by atoms with E-state index in [1.54, 1.807) is 13.2 Å². The lowest BCUT2D eigenvalue weighted by atomic mass is 9.89. The fourth-order valence-corrected chi connectivity index (χ4v) is 2.31. The van der Waals surface area contributed by atoms with Gasteiger partial charge < -0.3 is 15.2 Å². The van der Waals surface area contributed by atoms with Gasteiger partial charge >= 0.3 is 0 Å². The van der Waals surface area contributed by atoms with Crippen molar-refractivity contribution in [1.29, 1.82) is 0 Å². The van der Waals surface area contributed by atoms with Crippen molar-refractivity contribution >= 4 is 0 Å². The zero-order chi connectivity index (χ0) is 12.3. The Morgan fingerprint density at radius 1 is 1.53 bits per heavy atom. The van der Waals surface area contributed by atoms with E-state index in [0.717, 1.165) is 25.1 Å². The van der Waals surface area contributed by atoms with Gasteiger partial charge in [-0.2, -0.15) is 0 Å². The molecule has 17 heavy (non-hydrogen) atoms. The Hall–Kier alpha value is -1.13. The summed E-state index contributed by atoms with van der Waals surface area (Å²) in [6, 6.07) is 4.51. The topological polar surface area (TPSA) is 41.5 Å². The maximum absolute atomic E-state index is 13.2. The maximum atomic E-state index is 13.2. The number of ether oxygens (including phenoxy) is 1.